The summed E-state index contributed by atoms with van der Waals surface area (Å²) in [5, 5.41) is 3.48. The molecule has 1 aromatic rings. The highest BCUT2D eigenvalue weighted by Gasteiger charge is 2.36. The van der Waals surface area contributed by atoms with Crippen molar-refractivity contribution in [2.24, 2.45) is 0 Å². The van der Waals surface area contributed by atoms with E-state index in [1.54, 1.807) is 0 Å². The molecule has 2 aliphatic rings. The first-order chi connectivity index (χ1) is 8.29. The highest BCUT2D eigenvalue weighted by Crippen LogP contribution is 2.34. The molecule has 0 spiro atoms. The van der Waals surface area contributed by atoms with Crippen LogP contribution in [-0.2, 0) is 6.42 Å². The summed E-state index contributed by atoms with van der Waals surface area (Å²) in [4.78, 5) is 7.05. The molecule has 4 nitrogen and oxygen atoms in total. The van der Waals surface area contributed by atoms with Gasteiger partial charge in [0.2, 0.25) is 0 Å². The molecule has 3 rings (SSSR count). The average Bonchev–Trinajstić information content (AvgIpc) is 2.68. The number of piperazine rings is 1. The number of nitrogens with one attached hydrogen (secondary N) is 1. The summed E-state index contributed by atoms with van der Waals surface area (Å²) in [6, 6.07) is 3.25. The molecule has 0 unspecified atom stereocenters. The van der Waals surface area contributed by atoms with Gasteiger partial charge >= 0.3 is 0 Å². The first kappa shape index (κ1) is 10.8. The fourth-order valence-electron chi connectivity index (χ4n) is 2.93. The molecule has 0 aromatic carbocycles. The second-order valence-corrected chi connectivity index (χ2v) is 4.86. The molecule has 0 saturated carbocycles. The summed E-state index contributed by atoms with van der Waals surface area (Å²) in [6.07, 6.45) is 2.93. The third-order valence-electron chi connectivity index (χ3n) is 3.62. The van der Waals surface area contributed by atoms with Crippen molar-refractivity contribution in [2.75, 3.05) is 24.6 Å². The van der Waals surface area contributed by atoms with Crippen LogP contribution in [0.25, 0.3) is 0 Å². The van der Waals surface area contributed by atoms with E-state index in [1.807, 2.05) is 13.1 Å². The number of aromatic nitrogens is 1. The second-order valence-electron chi connectivity index (χ2n) is 4.86. The molecule has 1 N–H and O–H groups in total. The van der Waals surface area contributed by atoms with Gasteiger partial charge in [-0.15, -0.1) is 0 Å². The van der Waals surface area contributed by atoms with Gasteiger partial charge in [0.15, 0.2) is 0 Å². The quantitative estimate of drug-likeness (QED) is 0.833. The van der Waals surface area contributed by atoms with Gasteiger partial charge in [0.05, 0.1) is 12.8 Å². The summed E-state index contributed by atoms with van der Waals surface area (Å²) in [5.74, 6) is 2.05. The highest BCUT2D eigenvalue weighted by atomic mass is 16.5. The van der Waals surface area contributed by atoms with Gasteiger partial charge in [-0.1, -0.05) is 0 Å². The Labute approximate surface area is 102 Å². The number of ether oxygens (including phenoxy) is 1. The van der Waals surface area contributed by atoms with Gasteiger partial charge in [0, 0.05) is 30.7 Å². The highest BCUT2D eigenvalue weighted by molar-refractivity contribution is 5.57. The van der Waals surface area contributed by atoms with E-state index < -0.39 is 0 Å². The van der Waals surface area contributed by atoms with Crippen LogP contribution >= 0.6 is 0 Å². The molecule has 0 aliphatic carbocycles. The summed E-state index contributed by atoms with van der Waals surface area (Å²) in [7, 11) is 0. The van der Waals surface area contributed by atoms with Crippen molar-refractivity contribution in [1.82, 2.24) is 10.3 Å². The minimum Gasteiger partial charge on any atom is -0.492 e. The van der Waals surface area contributed by atoms with Gasteiger partial charge in [-0.2, -0.15) is 0 Å². The molecular weight excluding hydrogens is 214 g/mol. The maximum absolute atomic E-state index is 5.51. The lowest BCUT2D eigenvalue weighted by molar-refractivity contribution is 0.338. The van der Waals surface area contributed by atoms with Gasteiger partial charge < -0.3 is 15.0 Å². The summed E-state index contributed by atoms with van der Waals surface area (Å²) >= 11 is 0. The van der Waals surface area contributed by atoms with E-state index in [-0.39, 0.29) is 0 Å². The standard InChI is InChI=1S/C13H19N3O/c1-3-17-12-5-10-4-11-7-14-6-9(2)16(11)13(10)15-8-12/h5,8-9,11,14H,3-4,6-7H2,1-2H3/t9-,11-/m1/s1. The molecule has 4 heteroatoms. The summed E-state index contributed by atoms with van der Waals surface area (Å²) < 4.78 is 5.51. The van der Waals surface area contributed by atoms with Crippen LogP contribution in [0, 0.1) is 0 Å². The summed E-state index contributed by atoms with van der Waals surface area (Å²) in [6.45, 7) is 7.07. The zero-order chi connectivity index (χ0) is 11.8. The van der Waals surface area contributed by atoms with E-state index >= 15 is 0 Å². The topological polar surface area (TPSA) is 37.4 Å². The van der Waals surface area contributed by atoms with Crippen LogP contribution in [-0.4, -0.2) is 36.8 Å². The predicted octanol–water partition coefficient (Wildman–Crippen LogP) is 1.20. The van der Waals surface area contributed by atoms with Crippen molar-refractivity contribution in [3.05, 3.63) is 17.8 Å². The second kappa shape index (κ2) is 4.18. The maximum atomic E-state index is 5.51. The normalized spacial score (nSPS) is 26.6. The first-order valence-electron chi connectivity index (χ1n) is 6.40. The molecule has 2 aliphatic heterocycles. The van der Waals surface area contributed by atoms with Crippen LogP contribution in [0.15, 0.2) is 12.3 Å². The molecular formula is C13H19N3O. The van der Waals surface area contributed by atoms with Crippen molar-refractivity contribution in [2.45, 2.75) is 32.4 Å². The summed E-state index contributed by atoms with van der Waals surface area (Å²) in [5.41, 5.74) is 1.33. The minimum atomic E-state index is 0.528. The number of anilines is 1. The number of hydrogen-bond donors (Lipinski definition) is 1. The SMILES string of the molecule is CCOc1cnc2c(c1)C[C@@H]1CNC[C@@H](C)N21. The van der Waals surface area contributed by atoms with Crippen LogP contribution in [0.4, 0.5) is 5.82 Å². The molecule has 2 atom stereocenters. The van der Waals surface area contributed by atoms with Crippen LogP contribution in [0.2, 0.25) is 0 Å². The van der Waals surface area contributed by atoms with E-state index in [0.29, 0.717) is 18.7 Å². The Morgan fingerprint density at radius 3 is 3.24 bits per heavy atom. The van der Waals surface area contributed by atoms with Crippen molar-refractivity contribution in [3.63, 3.8) is 0 Å². The molecule has 1 aromatic heterocycles. The molecule has 0 amide bonds. The first-order valence-corrected chi connectivity index (χ1v) is 6.40. The number of pyridine rings is 1. The largest absolute Gasteiger partial charge is 0.492 e. The minimum absolute atomic E-state index is 0.528. The van der Waals surface area contributed by atoms with Crippen molar-refractivity contribution in [1.29, 1.82) is 0 Å². The fraction of sp³-hybridized carbons (Fsp3) is 0.615. The molecule has 92 valence electrons. The van der Waals surface area contributed by atoms with E-state index in [4.69, 9.17) is 4.74 Å². The van der Waals surface area contributed by atoms with Crippen LogP contribution in [0.1, 0.15) is 19.4 Å². The van der Waals surface area contributed by atoms with E-state index in [9.17, 15) is 0 Å². The molecule has 0 radical (unpaired) electrons. The molecule has 0 bridgehead atoms. The lowest BCUT2D eigenvalue weighted by Gasteiger charge is -2.37. The fourth-order valence-corrected chi connectivity index (χ4v) is 2.93. The van der Waals surface area contributed by atoms with E-state index in [1.165, 1.54) is 5.56 Å². The van der Waals surface area contributed by atoms with Crippen LogP contribution < -0.4 is 15.0 Å². The Hall–Kier alpha value is -1.29. The number of rotatable bonds is 2. The number of fused-ring (bicyclic) bond motifs is 3. The Morgan fingerprint density at radius 1 is 1.53 bits per heavy atom. The van der Waals surface area contributed by atoms with Crippen molar-refractivity contribution >= 4 is 5.82 Å². The van der Waals surface area contributed by atoms with Gasteiger partial charge in [-0.25, -0.2) is 4.98 Å². The van der Waals surface area contributed by atoms with Gasteiger partial charge in [-0.3, -0.25) is 0 Å². The van der Waals surface area contributed by atoms with Crippen molar-refractivity contribution in [3.8, 4) is 5.75 Å². The molecule has 1 fully saturated rings. The molecule has 1 saturated heterocycles. The lowest BCUT2D eigenvalue weighted by atomic mass is 10.1. The zero-order valence-electron chi connectivity index (χ0n) is 10.4. The number of hydrogen-bond acceptors (Lipinski definition) is 4. The van der Waals surface area contributed by atoms with Crippen LogP contribution in [0.3, 0.4) is 0 Å². The van der Waals surface area contributed by atoms with Crippen LogP contribution in [0.5, 0.6) is 5.75 Å². The molecule has 3 heterocycles. The monoisotopic (exact) mass is 233 g/mol. The molecule has 17 heavy (non-hydrogen) atoms. The average molecular weight is 233 g/mol. The number of nitrogens with zero attached hydrogens (tertiary/aromatic N) is 2. The van der Waals surface area contributed by atoms with E-state index in [2.05, 4.69) is 28.2 Å². The van der Waals surface area contributed by atoms with Gasteiger partial charge in [-0.05, 0) is 26.3 Å². The predicted molar refractivity (Wildman–Crippen MR) is 67.7 cm³/mol. The third kappa shape index (κ3) is 1.76. The third-order valence-corrected chi connectivity index (χ3v) is 3.62. The maximum Gasteiger partial charge on any atom is 0.138 e. The Balaban J connectivity index is 1.92. The van der Waals surface area contributed by atoms with Gasteiger partial charge in [0.1, 0.15) is 11.6 Å². The Kier molecular flexibility index (Phi) is 2.67. The smallest absolute Gasteiger partial charge is 0.138 e. The lowest BCUT2D eigenvalue weighted by Crippen LogP contribution is -2.55. The van der Waals surface area contributed by atoms with E-state index in [0.717, 1.165) is 31.1 Å². The Bertz CT molecular complexity index is 421. The van der Waals surface area contributed by atoms with Crippen molar-refractivity contribution < 1.29 is 4.74 Å². The zero-order valence-corrected chi connectivity index (χ0v) is 10.4. The van der Waals surface area contributed by atoms with Gasteiger partial charge in [0.25, 0.3) is 0 Å². The Morgan fingerprint density at radius 2 is 2.41 bits per heavy atom.